The Kier molecular flexibility index (Phi) is 4.58. The molecule has 3 aromatic rings. The number of nitrogens with zero attached hydrogens (tertiary/aromatic N) is 1. The Balaban J connectivity index is 1.66. The average Bonchev–Trinajstić information content (AvgIpc) is 3.03. The van der Waals surface area contributed by atoms with E-state index in [4.69, 9.17) is 11.6 Å². The molecule has 1 aromatic heterocycles. The number of hydrogen-bond acceptors (Lipinski definition) is 3. The molecule has 0 aliphatic rings. The molecule has 106 valence electrons. The first kappa shape index (κ1) is 14.6. The predicted molar refractivity (Wildman–Crippen MR) is 94.0 cm³/mol. The molecule has 0 aliphatic carbocycles. The molecule has 0 saturated heterocycles. The van der Waals surface area contributed by atoms with Crippen LogP contribution in [-0.2, 0) is 6.54 Å². The maximum atomic E-state index is 6.09. The lowest BCUT2D eigenvalue weighted by Gasteiger charge is -2.08. The summed E-state index contributed by atoms with van der Waals surface area (Å²) in [5.41, 5.74) is 3.36. The van der Waals surface area contributed by atoms with Crippen molar-refractivity contribution >= 4 is 44.6 Å². The second-order valence-corrected chi connectivity index (χ2v) is 6.67. The fourth-order valence-corrected chi connectivity index (χ4v) is 3.04. The zero-order chi connectivity index (χ0) is 14.7. The molecule has 2 aromatic carbocycles. The third kappa shape index (κ3) is 3.64. The summed E-state index contributed by atoms with van der Waals surface area (Å²) in [7, 11) is 0. The minimum absolute atomic E-state index is 0.730. The van der Waals surface area contributed by atoms with Crippen LogP contribution >= 0.6 is 38.9 Å². The van der Waals surface area contributed by atoms with Crippen LogP contribution in [0.2, 0.25) is 5.02 Å². The molecule has 1 heterocycles. The number of anilines is 1. The Morgan fingerprint density at radius 2 is 1.95 bits per heavy atom. The molecule has 2 nitrogen and oxygen atoms in total. The highest BCUT2D eigenvalue weighted by molar-refractivity contribution is 9.10. The van der Waals surface area contributed by atoms with Crippen molar-refractivity contribution in [2.24, 2.45) is 0 Å². The maximum Gasteiger partial charge on any atom is 0.123 e. The van der Waals surface area contributed by atoms with Crippen molar-refractivity contribution < 1.29 is 0 Å². The Morgan fingerprint density at radius 3 is 2.62 bits per heavy atom. The van der Waals surface area contributed by atoms with Gasteiger partial charge in [0.05, 0.1) is 5.02 Å². The fourth-order valence-electron chi connectivity index (χ4n) is 1.95. The smallest absolute Gasteiger partial charge is 0.123 e. The van der Waals surface area contributed by atoms with Gasteiger partial charge in [-0.05, 0) is 57.9 Å². The van der Waals surface area contributed by atoms with Crippen molar-refractivity contribution in [3.05, 3.63) is 69.1 Å². The summed E-state index contributed by atoms with van der Waals surface area (Å²) in [4.78, 5) is 4.31. The summed E-state index contributed by atoms with van der Waals surface area (Å²) in [6, 6.07) is 14.3. The molecule has 1 N–H and O–H groups in total. The molecule has 0 fully saturated rings. The predicted octanol–water partition coefficient (Wildman–Crippen LogP) is 5.84. The SMILES string of the molecule is Clc1cc(CNc2ccc(-c3nccs3)cc2)ccc1Br. The zero-order valence-electron chi connectivity index (χ0n) is 11.0. The summed E-state index contributed by atoms with van der Waals surface area (Å²) >= 11 is 11.1. The number of thiazole rings is 1. The van der Waals surface area contributed by atoms with Crippen molar-refractivity contribution in [3.8, 4) is 10.6 Å². The van der Waals surface area contributed by atoms with Crippen LogP contribution < -0.4 is 5.32 Å². The third-order valence-electron chi connectivity index (χ3n) is 3.04. The van der Waals surface area contributed by atoms with E-state index in [0.29, 0.717) is 0 Å². The van der Waals surface area contributed by atoms with Crippen molar-refractivity contribution in [1.29, 1.82) is 0 Å². The van der Waals surface area contributed by atoms with Gasteiger partial charge < -0.3 is 5.32 Å². The molecule has 0 saturated carbocycles. The van der Waals surface area contributed by atoms with Crippen LogP contribution in [0.25, 0.3) is 10.6 Å². The first-order chi connectivity index (χ1) is 10.2. The van der Waals surface area contributed by atoms with Gasteiger partial charge in [0, 0.05) is 33.8 Å². The van der Waals surface area contributed by atoms with E-state index in [-0.39, 0.29) is 0 Å². The van der Waals surface area contributed by atoms with Gasteiger partial charge in [-0.3, -0.25) is 0 Å². The standard InChI is InChI=1S/C16H12BrClN2S/c17-14-6-1-11(9-15(14)18)10-20-13-4-2-12(3-5-13)16-19-7-8-21-16/h1-9,20H,10H2. The summed E-state index contributed by atoms with van der Waals surface area (Å²) in [6.07, 6.45) is 1.82. The van der Waals surface area contributed by atoms with Gasteiger partial charge >= 0.3 is 0 Å². The summed E-state index contributed by atoms with van der Waals surface area (Å²) in [6.45, 7) is 0.740. The lowest BCUT2D eigenvalue weighted by atomic mass is 10.2. The molecule has 0 atom stereocenters. The van der Waals surface area contributed by atoms with Gasteiger partial charge in [-0.25, -0.2) is 4.98 Å². The largest absolute Gasteiger partial charge is 0.381 e. The molecule has 3 rings (SSSR count). The average molecular weight is 380 g/mol. The van der Waals surface area contributed by atoms with E-state index < -0.39 is 0 Å². The quantitative estimate of drug-likeness (QED) is 0.616. The fraction of sp³-hybridized carbons (Fsp3) is 0.0625. The molecule has 0 bridgehead atoms. The van der Waals surface area contributed by atoms with E-state index in [1.54, 1.807) is 11.3 Å². The Bertz CT molecular complexity index is 727. The van der Waals surface area contributed by atoms with Gasteiger partial charge in [0.2, 0.25) is 0 Å². The minimum atomic E-state index is 0.730. The molecule has 0 aliphatic heterocycles. The van der Waals surface area contributed by atoms with Crippen LogP contribution in [0.3, 0.4) is 0 Å². The molecular weight excluding hydrogens is 368 g/mol. The monoisotopic (exact) mass is 378 g/mol. The zero-order valence-corrected chi connectivity index (χ0v) is 14.2. The van der Waals surface area contributed by atoms with Crippen LogP contribution in [0.1, 0.15) is 5.56 Å². The number of aromatic nitrogens is 1. The van der Waals surface area contributed by atoms with Gasteiger partial charge in [-0.2, -0.15) is 0 Å². The molecule has 0 radical (unpaired) electrons. The molecule has 0 amide bonds. The summed E-state index contributed by atoms with van der Waals surface area (Å²) < 4.78 is 0.917. The first-order valence-corrected chi connectivity index (χ1v) is 8.45. The number of halogens is 2. The molecule has 0 spiro atoms. The normalized spacial score (nSPS) is 10.6. The van der Waals surface area contributed by atoms with E-state index in [9.17, 15) is 0 Å². The Morgan fingerprint density at radius 1 is 1.14 bits per heavy atom. The topological polar surface area (TPSA) is 24.9 Å². The van der Waals surface area contributed by atoms with Crippen LogP contribution in [0.4, 0.5) is 5.69 Å². The summed E-state index contributed by atoms with van der Waals surface area (Å²) in [5, 5.41) is 7.15. The van der Waals surface area contributed by atoms with Gasteiger partial charge in [-0.1, -0.05) is 17.7 Å². The first-order valence-electron chi connectivity index (χ1n) is 6.40. The van der Waals surface area contributed by atoms with E-state index in [1.807, 2.05) is 29.8 Å². The van der Waals surface area contributed by atoms with Gasteiger partial charge in [0.15, 0.2) is 0 Å². The van der Waals surface area contributed by atoms with Crippen molar-refractivity contribution in [3.63, 3.8) is 0 Å². The van der Waals surface area contributed by atoms with Gasteiger partial charge in [-0.15, -0.1) is 11.3 Å². The maximum absolute atomic E-state index is 6.09. The number of rotatable bonds is 4. The number of hydrogen-bond donors (Lipinski definition) is 1. The molecule has 21 heavy (non-hydrogen) atoms. The highest BCUT2D eigenvalue weighted by Gasteiger charge is 2.02. The van der Waals surface area contributed by atoms with E-state index >= 15 is 0 Å². The minimum Gasteiger partial charge on any atom is -0.381 e. The van der Waals surface area contributed by atoms with Gasteiger partial charge in [0.1, 0.15) is 5.01 Å². The molecule has 0 unspecified atom stereocenters. The van der Waals surface area contributed by atoms with E-state index in [2.05, 4.69) is 50.5 Å². The number of benzene rings is 2. The number of nitrogens with one attached hydrogen (secondary N) is 1. The third-order valence-corrected chi connectivity index (χ3v) is 5.10. The van der Waals surface area contributed by atoms with Crippen LogP contribution in [-0.4, -0.2) is 4.98 Å². The van der Waals surface area contributed by atoms with Crippen LogP contribution in [0.5, 0.6) is 0 Å². The van der Waals surface area contributed by atoms with Crippen LogP contribution in [0.15, 0.2) is 58.5 Å². The van der Waals surface area contributed by atoms with Crippen molar-refractivity contribution in [2.45, 2.75) is 6.54 Å². The highest BCUT2D eigenvalue weighted by atomic mass is 79.9. The van der Waals surface area contributed by atoms with Crippen LogP contribution in [0, 0.1) is 0 Å². The Hall–Kier alpha value is -1.36. The summed E-state index contributed by atoms with van der Waals surface area (Å²) in [5.74, 6) is 0. The Labute approximate surface area is 140 Å². The van der Waals surface area contributed by atoms with E-state index in [1.165, 1.54) is 0 Å². The van der Waals surface area contributed by atoms with Crippen molar-refractivity contribution in [1.82, 2.24) is 4.98 Å². The van der Waals surface area contributed by atoms with Gasteiger partial charge in [0.25, 0.3) is 0 Å². The lowest BCUT2D eigenvalue weighted by Crippen LogP contribution is -1.99. The molecule has 5 heteroatoms. The van der Waals surface area contributed by atoms with Crippen molar-refractivity contribution in [2.75, 3.05) is 5.32 Å². The molecular formula is C16H12BrClN2S. The highest BCUT2D eigenvalue weighted by Crippen LogP contribution is 2.25. The second-order valence-electron chi connectivity index (χ2n) is 4.52. The lowest BCUT2D eigenvalue weighted by molar-refractivity contribution is 1.15. The van der Waals surface area contributed by atoms with E-state index in [0.717, 1.165) is 37.9 Å². The second kappa shape index (κ2) is 6.60.